The first-order chi connectivity index (χ1) is 16.5. The second kappa shape index (κ2) is 7.72. The maximum Gasteiger partial charge on any atom is 0.228 e. The van der Waals surface area contributed by atoms with Gasteiger partial charge in [0.25, 0.3) is 0 Å². The fourth-order valence-electron chi connectivity index (χ4n) is 4.92. The van der Waals surface area contributed by atoms with Crippen LogP contribution in [0.1, 0.15) is 31.4 Å². The van der Waals surface area contributed by atoms with Gasteiger partial charge in [0.1, 0.15) is 5.76 Å². The topological polar surface area (TPSA) is 119 Å². The van der Waals surface area contributed by atoms with E-state index in [-0.39, 0.29) is 17.9 Å². The predicted molar refractivity (Wildman–Crippen MR) is 128 cm³/mol. The number of pyridine rings is 1. The maximum atomic E-state index is 11.7. The first-order valence-electron chi connectivity index (χ1n) is 11.4. The van der Waals surface area contributed by atoms with Gasteiger partial charge in [0.05, 0.1) is 18.7 Å². The van der Waals surface area contributed by atoms with Crippen LogP contribution in [-0.2, 0) is 16.0 Å². The van der Waals surface area contributed by atoms with E-state index in [9.17, 15) is 9.59 Å². The Morgan fingerprint density at radius 2 is 2.00 bits per heavy atom. The zero-order valence-corrected chi connectivity index (χ0v) is 18.7. The highest BCUT2D eigenvalue weighted by molar-refractivity contribution is 6.01. The Bertz CT molecular complexity index is 1440. The van der Waals surface area contributed by atoms with Crippen molar-refractivity contribution in [2.24, 2.45) is 0 Å². The second-order valence-electron chi connectivity index (χ2n) is 8.95. The van der Waals surface area contributed by atoms with E-state index >= 15 is 0 Å². The number of nitrogens with zero attached hydrogens (tertiary/aromatic N) is 4. The molecule has 0 atom stereocenters. The summed E-state index contributed by atoms with van der Waals surface area (Å²) >= 11 is 0. The fourth-order valence-corrected chi connectivity index (χ4v) is 4.92. The summed E-state index contributed by atoms with van der Waals surface area (Å²) in [5, 5.41) is 8.33. The summed E-state index contributed by atoms with van der Waals surface area (Å²) < 4.78 is 8.12. The lowest BCUT2D eigenvalue weighted by atomic mass is 10.0. The number of aromatic nitrogens is 3. The van der Waals surface area contributed by atoms with E-state index in [0.29, 0.717) is 23.6 Å². The van der Waals surface area contributed by atoms with E-state index in [4.69, 9.17) is 10.2 Å². The van der Waals surface area contributed by atoms with Crippen molar-refractivity contribution >= 4 is 34.3 Å². The summed E-state index contributed by atoms with van der Waals surface area (Å²) in [6.07, 6.45) is 7.73. The van der Waals surface area contributed by atoms with Crippen molar-refractivity contribution < 1.29 is 14.0 Å². The number of nitrogen functional groups attached to an aromatic ring is 1. The van der Waals surface area contributed by atoms with E-state index < -0.39 is 0 Å². The molecule has 9 heteroatoms. The number of likely N-dealkylation sites (tertiary alicyclic amines) is 1. The normalized spacial score (nSPS) is 16.1. The Kier molecular flexibility index (Phi) is 4.65. The van der Waals surface area contributed by atoms with Crippen molar-refractivity contribution in [1.29, 1.82) is 0 Å². The van der Waals surface area contributed by atoms with Crippen LogP contribution in [0.3, 0.4) is 0 Å². The number of piperidine rings is 1. The minimum absolute atomic E-state index is 0.00327. The summed E-state index contributed by atoms with van der Waals surface area (Å²) in [7, 11) is 0. The van der Waals surface area contributed by atoms with Crippen molar-refractivity contribution in [2.45, 2.75) is 32.2 Å². The van der Waals surface area contributed by atoms with Crippen LogP contribution in [0.5, 0.6) is 0 Å². The zero-order valence-electron chi connectivity index (χ0n) is 18.7. The number of carbonyl (C=O) groups is 2. The molecule has 0 saturated carbocycles. The van der Waals surface area contributed by atoms with Crippen molar-refractivity contribution in [1.82, 2.24) is 19.7 Å². The molecule has 1 saturated heterocycles. The molecule has 4 aromatic rings. The van der Waals surface area contributed by atoms with Gasteiger partial charge in [-0.05, 0) is 42.7 Å². The molecule has 6 rings (SSSR count). The van der Waals surface area contributed by atoms with Crippen LogP contribution in [-0.4, -0.2) is 44.6 Å². The van der Waals surface area contributed by atoms with Gasteiger partial charge in [-0.1, -0.05) is 0 Å². The molecule has 2 amide bonds. The minimum Gasteiger partial charge on any atom is -0.452 e. The molecule has 2 aliphatic rings. The SMILES string of the molecule is CC(=O)N1CCC(n2cc(-c3cnc(N)c4oc(-c5ccc6c(c5)CC(=O)N6)cc34)cn2)CC1. The number of carbonyl (C=O) groups excluding carboxylic acids is 2. The van der Waals surface area contributed by atoms with E-state index in [1.165, 1.54) is 0 Å². The molecule has 9 nitrogen and oxygen atoms in total. The molecule has 0 bridgehead atoms. The summed E-state index contributed by atoms with van der Waals surface area (Å²) in [4.78, 5) is 29.6. The van der Waals surface area contributed by atoms with Crippen LogP contribution >= 0.6 is 0 Å². The largest absolute Gasteiger partial charge is 0.452 e. The van der Waals surface area contributed by atoms with Gasteiger partial charge in [0.15, 0.2) is 11.4 Å². The molecule has 3 aromatic heterocycles. The van der Waals surface area contributed by atoms with E-state index in [1.54, 1.807) is 13.1 Å². The number of anilines is 2. The molecule has 1 fully saturated rings. The van der Waals surface area contributed by atoms with Crippen LogP contribution in [0.25, 0.3) is 33.4 Å². The van der Waals surface area contributed by atoms with Crippen molar-refractivity contribution in [3.8, 4) is 22.5 Å². The second-order valence-corrected chi connectivity index (χ2v) is 8.95. The van der Waals surface area contributed by atoms with Gasteiger partial charge in [-0.2, -0.15) is 5.10 Å². The molecule has 0 unspecified atom stereocenters. The fraction of sp³-hybridized carbons (Fsp3) is 0.280. The smallest absolute Gasteiger partial charge is 0.228 e. The summed E-state index contributed by atoms with van der Waals surface area (Å²) in [5.74, 6) is 1.11. The van der Waals surface area contributed by atoms with Gasteiger partial charge < -0.3 is 20.4 Å². The van der Waals surface area contributed by atoms with E-state index in [1.807, 2.05) is 46.2 Å². The Labute approximate surface area is 195 Å². The van der Waals surface area contributed by atoms with Gasteiger partial charge in [-0.3, -0.25) is 14.3 Å². The van der Waals surface area contributed by atoms with Gasteiger partial charge >= 0.3 is 0 Å². The quantitative estimate of drug-likeness (QED) is 0.486. The molecule has 0 spiro atoms. The predicted octanol–water partition coefficient (Wildman–Crippen LogP) is 3.62. The summed E-state index contributed by atoms with van der Waals surface area (Å²) in [5.41, 5.74) is 11.2. The highest BCUT2D eigenvalue weighted by atomic mass is 16.3. The van der Waals surface area contributed by atoms with E-state index in [0.717, 1.165) is 59.3 Å². The molecule has 1 aromatic carbocycles. The zero-order chi connectivity index (χ0) is 23.4. The third-order valence-corrected chi connectivity index (χ3v) is 6.80. The summed E-state index contributed by atoms with van der Waals surface area (Å²) in [6.45, 7) is 3.11. The lowest BCUT2D eigenvalue weighted by Crippen LogP contribution is -2.37. The molecule has 34 heavy (non-hydrogen) atoms. The Morgan fingerprint density at radius 1 is 1.18 bits per heavy atom. The molecule has 2 aliphatic heterocycles. The lowest BCUT2D eigenvalue weighted by molar-refractivity contribution is -0.130. The molecule has 172 valence electrons. The monoisotopic (exact) mass is 456 g/mol. The Balaban J connectivity index is 1.33. The number of amides is 2. The summed E-state index contributed by atoms with van der Waals surface area (Å²) in [6, 6.07) is 8.02. The Hall–Kier alpha value is -4.14. The number of benzene rings is 1. The van der Waals surface area contributed by atoms with Crippen molar-refractivity contribution in [2.75, 3.05) is 24.1 Å². The number of hydrogen-bond acceptors (Lipinski definition) is 6. The standard InChI is InChI=1S/C25H24N6O3/c1-14(32)30-6-4-18(5-7-30)31-13-17(11-28-31)20-12-27-25(26)24-19(20)10-22(34-24)15-2-3-21-16(8-15)9-23(33)29-21/h2-3,8,10-13,18H,4-7,9H2,1H3,(H2,26,27)(H,29,33). The number of fused-ring (bicyclic) bond motifs is 2. The molecule has 0 radical (unpaired) electrons. The number of furan rings is 1. The first kappa shape index (κ1) is 20.5. The van der Waals surface area contributed by atoms with Crippen molar-refractivity contribution in [3.05, 3.63) is 48.4 Å². The number of nitrogens with one attached hydrogen (secondary N) is 1. The Morgan fingerprint density at radius 3 is 2.79 bits per heavy atom. The van der Waals surface area contributed by atoms with Crippen molar-refractivity contribution in [3.63, 3.8) is 0 Å². The average molecular weight is 457 g/mol. The minimum atomic E-state index is -0.00327. The maximum absolute atomic E-state index is 11.7. The highest BCUT2D eigenvalue weighted by Crippen LogP contribution is 2.38. The number of rotatable bonds is 3. The van der Waals surface area contributed by atoms with Crippen LogP contribution in [0.4, 0.5) is 11.5 Å². The molecule has 0 aliphatic carbocycles. The van der Waals surface area contributed by atoms with Crippen LogP contribution in [0, 0.1) is 0 Å². The van der Waals surface area contributed by atoms with Crippen LogP contribution in [0.2, 0.25) is 0 Å². The lowest BCUT2D eigenvalue weighted by Gasteiger charge is -2.31. The van der Waals surface area contributed by atoms with Gasteiger partial charge in [-0.25, -0.2) is 4.98 Å². The average Bonchev–Trinajstić information content (AvgIpc) is 3.57. The molecular formula is C25H24N6O3. The van der Waals surface area contributed by atoms with Gasteiger partial charge in [0, 0.05) is 60.2 Å². The van der Waals surface area contributed by atoms with Gasteiger partial charge in [0.2, 0.25) is 11.8 Å². The van der Waals surface area contributed by atoms with E-state index in [2.05, 4.69) is 15.4 Å². The molecular weight excluding hydrogens is 432 g/mol. The number of nitrogens with two attached hydrogens (primary N) is 1. The first-order valence-corrected chi connectivity index (χ1v) is 11.4. The molecule has 5 heterocycles. The molecule has 3 N–H and O–H groups in total. The third-order valence-electron chi connectivity index (χ3n) is 6.80. The number of hydrogen-bond donors (Lipinski definition) is 2. The van der Waals surface area contributed by atoms with Crippen LogP contribution in [0.15, 0.2) is 47.3 Å². The van der Waals surface area contributed by atoms with Crippen LogP contribution < -0.4 is 11.1 Å². The van der Waals surface area contributed by atoms with Gasteiger partial charge in [-0.15, -0.1) is 0 Å². The highest BCUT2D eigenvalue weighted by Gasteiger charge is 2.24. The third kappa shape index (κ3) is 3.40.